The van der Waals surface area contributed by atoms with E-state index in [1.165, 1.54) is 31.2 Å². The van der Waals surface area contributed by atoms with Crippen molar-refractivity contribution in [3.63, 3.8) is 0 Å². The molecule has 0 saturated heterocycles. The van der Waals surface area contributed by atoms with E-state index >= 15 is 0 Å². The summed E-state index contributed by atoms with van der Waals surface area (Å²) in [5, 5.41) is 22.6. The molecule has 0 fully saturated rings. The van der Waals surface area contributed by atoms with Gasteiger partial charge >= 0.3 is 0 Å². The van der Waals surface area contributed by atoms with Crippen molar-refractivity contribution in [1.29, 1.82) is 0 Å². The van der Waals surface area contributed by atoms with Crippen LogP contribution in [0.1, 0.15) is 14.4 Å². The zero-order valence-electron chi connectivity index (χ0n) is 13.2. The summed E-state index contributed by atoms with van der Waals surface area (Å²) in [4.78, 5) is 36.9. The maximum atomic E-state index is 10.5. The number of aromatic nitrogens is 2. The Morgan fingerprint density at radius 3 is 1.81 bits per heavy atom. The van der Waals surface area contributed by atoms with Crippen LogP contribution >= 0.6 is 0 Å². The molecule has 0 aliphatic heterocycles. The number of nitrogen functional groups attached to an aromatic ring is 1. The van der Waals surface area contributed by atoms with Gasteiger partial charge < -0.3 is 18.5 Å². The topological polar surface area (TPSA) is 167 Å². The van der Waals surface area contributed by atoms with Crippen LogP contribution in [0.2, 0.25) is 0 Å². The Labute approximate surface area is 164 Å². The Balaban J connectivity index is -0.000000374. The maximum absolute atomic E-state index is 10.5. The summed E-state index contributed by atoms with van der Waals surface area (Å²) in [5.41, 5.74) is 5.04. The van der Waals surface area contributed by atoms with Gasteiger partial charge in [0, 0.05) is 39.5 Å². The normalized spacial score (nSPS) is 8.19. The van der Waals surface area contributed by atoms with Crippen LogP contribution in [0.3, 0.4) is 0 Å². The molecule has 12 heteroatoms. The van der Waals surface area contributed by atoms with Gasteiger partial charge in [-0.2, -0.15) is 0 Å². The Bertz CT molecular complexity index is 709. The molecular weight excluding hydrogens is 439 g/mol. The molecule has 11 nitrogen and oxygen atoms in total. The van der Waals surface area contributed by atoms with Crippen LogP contribution < -0.4 is 11.1 Å². The molecule has 2 rings (SSSR count). The molecule has 1 amide bonds. The summed E-state index contributed by atoms with van der Waals surface area (Å²) in [6.07, 6.45) is 2.21. The molecule has 0 aromatic carbocycles. The number of nitrogens with zero attached hydrogens (tertiary/aromatic N) is 4. The number of rotatable bonds is 3. The Kier molecular flexibility index (Phi) is 14.3. The molecule has 26 heavy (non-hydrogen) atoms. The summed E-state index contributed by atoms with van der Waals surface area (Å²) in [6.45, 7) is 1.34. The fourth-order valence-electron chi connectivity index (χ4n) is 1.25. The van der Waals surface area contributed by atoms with Crippen LogP contribution in [0.15, 0.2) is 36.7 Å². The van der Waals surface area contributed by atoms with Gasteiger partial charge in [-0.05, 0) is 12.1 Å². The van der Waals surface area contributed by atoms with Crippen molar-refractivity contribution in [1.82, 2.24) is 9.97 Å². The van der Waals surface area contributed by atoms with Crippen molar-refractivity contribution < 1.29 is 35.1 Å². The molecule has 0 bridgehead atoms. The molecular formula is C14H19N6O5Pd-. The number of pyridine rings is 2. The average Bonchev–Trinajstić information content (AvgIpc) is 2.48. The molecule has 0 aliphatic rings. The van der Waals surface area contributed by atoms with E-state index < -0.39 is 9.85 Å². The quantitative estimate of drug-likeness (QED) is 0.307. The minimum Gasteiger partial charge on any atom is -0.384 e. The van der Waals surface area contributed by atoms with Crippen molar-refractivity contribution in [2.45, 2.75) is 14.4 Å². The van der Waals surface area contributed by atoms with Gasteiger partial charge in [-0.15, -0.1) is 0 Å². The van der Waals surface area contributed by atoms with E-state index in [0.29, 0.717) is 5.82 Å². The predicted octanol–water partition coefficient (Wildman–Crippen LogP) is 2.60. The minimum atomic E-state index is -0.551. The molecule has 0 saturated carbocycles. The zero-order chi connectivity index (χ0) is 17.4. The second-order valence-corrected chi connectivity index (χ2v) is 4.04. The Hall–Kier alpha value is -2.97. The van der Waals surface area contributed by atoms with Crippen molar-refractivity contribution in [2.75, 3.05) is 11.1 Å². The van der Waals surface area contributed by atoms with E-state index in [1.54, 1.807) is 0 Å². The van der Waals surface area contributed by atoms with Gasteiger partial charge in [-0.25, -0.2) is 9.97 Å². The number of nitro groups is 2. The van der Waals surface area contributed by atoms with Crippen LogP contribution in [0.4, 0.5) is 23.0 Å². The summed E-state index contributed by atoms with van der Waals surface area (Å²) in [5.74, 6) is 0.324. The van der Waals surface area contributed by atoms with E-state index in [0.717, 1.165) is 12.4 Å². The van der Waals surface area contributed by atoms with Crippen molar-refractivity contribution in [3.05, 3.63) is 64.3 Å². The molecule has 0 radical (unpaired) electrons. The van der Waals surface area contributed by atoms with Crippen LogP contribution in [0.5, 0.6) is 0 Å². The van der Waals surface area contributed by atoms with Gasteiger partial charge in [0.25, 0.3) is 11.4 Å². The Morgan fingerprint density at radius 2 is 1.50 bits per heavy atom. The first-order valence-electron chi connectivity index (χ1n) is 6.03. The first kappa shape index (κ1) is 27.9. The van der Waals surface area contributed by atoms with Crippen LogP contribution in [0, 0.1) is 27.7 Å². The van der Waals surface area contributed by atoms with Gasteiger partial charge in [-0.3, -0.25) is 25.0 Å². The molecule has 3 N–H and O–H groups in total. The fraction of sp³-hybridized carbons (Fsp3) is 0.143. The van der Waals surface area contributed by atoms with Gasteiger partial charge in [-0.1, -0.05) is 7.43 Å². The fourth-order valence-corrected chi connectivity index (χ4v) is 1.25. The average molecular weight is 458 g/mol. The third-order valence-corrected chi connectivity index (χ3v) is 2.24. The standard InChI is InChI=1S/C7H7N3O3.C5H5N3O2.CH4.CH3.Pd/c1-5(11)9-7-3-2-6(4-8-7)10(12)13;6-5-2-1-4(3-7-5)8(9)10;;;/h2-4H,1H3,(H,8,9,11);1-3H,(H2,6,7);1H4;1H3;/q;;;-1;. The van der Waals surface area contributed by atoms with Gasteiger partial charge in [0.05, 0.1) is 9.85 Å². The molecule has 146 valence electrons. The first-order chi connectivity index (χ1) is 10.8. The number of nitrogens with one attached hydrogen (secondary N) is 1. The van der Waals surface area contributed by atoms with Crippen LogP contribution in [0.25, 0.3) is 0 Å². The third kappa shape index (κ3) is 10.0. The largest absolute Gasteiger partial charge is 0.384 e. The maximum Gasteiger partial charge on any atom is 0.287 e. The summed E-state index contributed by atoms with van der Waals surface area (Å²) in [7, 11) is 0. The molecule has 0 spiro atoms. The Morgan fingerprint density at radius 1 is 1.04 bits per heavy atom. The number of nitrogens with two attached hydrogens (primary N) is 1. The summed E-state index contributed by atoms with van der Waals surface area (Å²) < 4.78 is 0. The number of hydrogen-bond acceptors (Lipinski definition) is 8. The third-order valence-electron chi connectivity index (χ3n) is 2.24. The molecule has 0 unspecified atom stereocenters. The van der Waals surface area contributed by atoms with Crippen molar-refractivity contribution >= 4 is 28.9 Å². The van der Waals surface area contributed by atoms with Gasteiger partial charge in [0.2, 0.25) is 5.91 Å². The molecule has 0 atom stereocenters. The van der Waals surface area contributed by atoms with E-state index in [1.807, 2.05) is 0 Å². The first-order valence-corrected chi connectivity index (χ1v) is 6.03. The number of amides is 1. The van der Waals surface area contributed by atoms with Crippen LogP contribution in [-0.4, -0.2) is 25.7 Å². The smallest absolute Gasteiger partial charge is 0.287 e. The SMILES string of the molecule is C.CC(=O)Nc1ccc([N+](=O)[O-])cn1.Nc1ccc([N+](=O)[O-])cn1.[CH3-].[Pd]. The second-order valence-electron chi connectivity index (χ2n) is 4.04. The summed E-state index contributed by atoms with van der Waals surface area (Å²) >= 11 is 0. The number of carbonyl (C=O) groups excluding carboxylic acids is 1. The van der Waals surface area contributed by atoms with Crippen molar-refractivity contribution in [3.8, 4) is 0 Å². The molecule has 0 aliphatic carbocycles. The van der Waals surface area contributed by atoms with Crippen molar-refractivity contribution in [2.24, 2.45) is 0 Å². The monoisotopic (exact) mass is 457 g/mol. The predicted molar refractivity (Wildman–Crippen MR) is 93.6 cm³/mol. The molecule has 2 aromatic heterocycles. The second kappa shape index (κ2) is 13.3. The molecule has 2 aromatic rings. The molecule has 2 heterocycles. The zero-order valence-corrected chi connectivity index (χ0v) is 14.7. The van der Waals surface area contributed by atoms with E-state index in [-0.39, 0.29) is 58.4 Å². The number of anilines is 2. The van der Waals surface area contributed by atoms with Gasteiger partial charge in [0.1, 0.15) is 24.0 Å². The van der Waals surface area contributed by atoms with E-state index in [2.05, 4.69) is 15.3 Å². The van der Waals surface area contributed by atoms with E-state index in [9.17, 15) is 25.0 Å². The minimum absolute atomic E-state index is 0. The summed E-state index contributed by atoms with van der Waals surface area (Å²) in [6, 6.07) is 5.35. The van der Waals surface area contributed by atoms with Crippen LogP contribution in [-0.2, 0) is 25.2 Å². The number of hydrogen-bond donors (Lipinski definition) is 2. The van der Waals surface area contributed by atoms with E-state index in [4.69, 9.17) is 5.73 Å². The van der Waals surface area contributed by atoms with Gasteiger partial charge in [0.15, 0.2) is 0 Å². The number of carbonyl (C=O) groups is 1.